The molecule has 7 heteroatoms. The number of methoxy groups -OCH3 is 1. The first-order valence-corrected chi connectivity index (χ1v) is 6.08. The molecule has 0 spiro atoms. The van der Waals surface area contributed by atoms with E-state index in [0.29, 0.717) is 16.8 Å². The lowest BCUT2D eigenvalue weighted by molar-refractivity contribution is -0.186. The fourth-order valence-corrected chi connectivity index (χ4v) is 1.63. The molecule has 1 rings (SSSR count). The zero-order valence-corrected chi connectivity index (χ0v) is 11.2. The lowest BCUT2D eigenvalue weighted by Gasteiger charge is -2.12. The van der Waals surface area contributed by atoms with Gasteiger partial charge in [-0.05, 0) is 6.07 Å². The van der Waals surface area contributed by atoms with Crippen molar-refractivity contribution in [3.05, 3.63) is 23.8 Å². The third-order valence-electron chi connectivity index (χ3n) is 1.98. The van der Waals surface area contributed by atoms with Crippen molar-refractivity contribution in [2.24, 2.45) is 0 Å². The molecule has 0 unspecified atom stereocenters. The molecule has 0 aliphatic carbocycles. The van der Waals surface area contributed by atoms with Crippen molar-refractivity contribution in [2.45, 2.75) is 11.5 Å². The molecule has 0 aliphatic heterocycles. The van der Waals surface area contributed by atoms with Gasteiger partial charge in [0.25, 0.3) is 0 Å². The molecular formula is C11H12BrF3O3. The summed E-state index contributed by atoms with van der Waals surface area (Å²) in [5.74, 6) is 0.985. The van der Waals surface area contributed by atoms with Crippen molar-refractivity contribution < 1.29 is 27.4 Å². The minimum absolute atomic E-state index is 0.424. The third-order valence-corrected chi connectivity index (χ3v) is 2.59. The van der Waals surface area contributed by atoms with Crippen molar-refractivity contribution in [1.29, 1.82) is 0 Å². The number of rotatable bonds is 6. The van der Waals surface area contributed by atoms with Crippen LogP contribution in [0.3, 0.4) is 0 Å². The molecule has 0 saturated heterocycles. The van der Waals surface area contributed by atoms with Crippen molar-refractivity contribution in [3.63, 3.8) is 0 Å². The highest BCUT2D eigenvalue weighted by atomic mass is 79.9. The van der Waals surface area contributed by atoms with Crippen LogP contribution in [-0.4, -0.2) is 26.7 Å². The Morgan fingerprint density at radius 3 is 2.56 bits per heavy atom. The zero-order valence-electron chi connectivity index (χ0n) is 9.59. The molecule has 3 nitrogen and oxygen atoms in total. The summed E-state index contributed by atoms with van der Waals surface area (Å²) >= 11 is 3.25. The Morgan fingerprint density at radius 2 is 2.00 bits per heavy atom. The minimum Gasteiger partial charge on any atom is -0.497 e. The Balaban J connectivity index is 2.54. The van der Waals surface area contributed by atoms with E-state index in [1.165, 1.54) is 7.11 Å². The lowest BCUT2D eigenvalue weighted by Crippen LogP contribution is -2.19. The van der Waals surface area contributed by atoms with Crippen LogP contribution in [0, 0.1) is 0 Å². The minimum atomic E-state index is -4.35. The Bertz CT molecular complexity index is 382. The van der Waals surface area contributed by atoms with Gasteiger partial charge in [0, 0.05) is 17.0 Å². The number of benzene rings is 1. The predicted octanol–water partition coefficient (Wildman–Crippen LogP) is 3.51. The topological polar surface area (TPSA) is 27.7 Å². The fourth-order valence-electron chi connectivity index (χ4n) is 1.17. The van der Waals surface area contributed by atoms with Gasteiger partial charge in [-0.2, -0.15) is 13.2 Å². The summed E-state index contributed by atoms with van der Waals surface area (Å²) in [7, 11) is 1.49. The van der Waals surface area contributed by atoms with E-state index in [1.807, 2.05) is 0 Å². The second-order valence-electron chi connectivity index (χ2n) is 3.33. The second-order valence-corrected chi connectivity index (χ2v) is 3.89. The molecule has 0 fully saturated rings. The van der Waals surface area contributed by atoms with E-state index in [2.05, 4.69) is 20.7 Å². The summed E-state index contributed by atoms with van der Waals surface area (Å²) in [6.07, 6.45) is -4.35. The van der Waals surface area contributed by atoms with Gasteiger partial charge < -0.3 is 14.2 Å². The van der Waals surface area contributed by atoms with E-state index in [0.717, 1.165) is 5.56 Å². The van der Waals surface area contributed by atoms with Gasteiger partial charge in [0.15, 0.2) is 6.79 Å². The average Bonchev–Trinajstić information content (AvgIpc) is 2.33. The quantitative estimate of drug-likeness (QED) is 0.454. The summed E-state index contributed by atoms with van der Waals surface area (Å²) in [5.41, 5.74) is 0.798. The molecule has 0 amide bonds. The standard InChI is InChI=1S/C11H12BrF3O3/c1-16-9-3-2-8(5-12)10(4-9)18-7-17-6-11(13,14)15/h2-4H,5-7H2,1H3. The fraction of sp³-hybridized carbons (Fsp3) is 0.455. The van der Waals surface area contributed by atoms with Crippen LogP contribution in [0.15, 0.2) is 18.2 Å². The molecule has 0 atom stereocenters. The Labute approximate surface area is 111 Å². The molecule has 0 aromatic heterocycles. The number of alkyl halides is 4. The van der Waals surface area contributed by atoms with Crippen molar-refractivity contribution in [1.82, 2.24) is 0 Å². The highest BCUT2D eigenvalue weighted by Gasteiger charge is 2.27. The first-order chi connectivity index (χ1) is 8.46. The average molecular weight is 329 g/mol. The van der Waals surface area contributed by atoms with E-state index < -0.39 is 19.6 Å². The molecule has 0 radical (unpaired) electrons. The predicted molar refractivity (Wildman–Crippen MR) is 63.1 cm³/mol. The second kappa shape index (κ2) is 6.84. The van der Waals surface area contributed by atoms with Crippen LogP contribution in [0.2, 0.25) is 0 Å². The summed E-state index contributed by atoms with van der Waals surface area (Å²) in [4.78, 5) is 0. The number of hydrogen-bond donors (Lipinski definition) is 0. The largest absolute Gasteiger partial charge is 0.497 e. The van der Waals surface area contributed by atoms with E-state index >= 15 is 0 Å². The van der Waals surface area contributed by atoms with Crippen LogP contribution in [-0.2, 0) is 10.1 Å². The number of hydrogen-bond acceptors (Lipinski definition) is 3. The van der Waals surface area contributed by atoms with Gasteiger partial charge in [0.2, 0.25) is 0 Å². The Morgan fingerprint density at radius 1 is 1.28 bits per heavy atom. The van der Waals surface area contributed by atoms with Crippen LogP contribution < -0.4 is 9.47 Å². The summed E-state index contributed by atoms with van der Waals surface area (Å²) in [6, 6.07) is 5.08. The maximum Gasteiger partial charge on any atom is 0.411 e. The van der Waals surface area contributed by atoms with Crippen LogP contribution >= 0.6 is 15.9 Å². The van der Waals surface area contributed by atoms with Gasteiger partial charge in [-0.3, -0.25) is 0 Å². The summed E-state index contributed by atoms with van der Waals surface area (Å²) in [6.45, 7) is -1.80. The molecule has 1 aromatic carbocycles. The van der Waals surface area contributed by atoms with Crippen LogP contribution in [0.4, 0.5) is 13.2 Å². The van der Waals surface area contributed by atoms with Gasteiger partial charge >= 0.3 is 6.18 Å². The lowest BCUT2D eigenvalue weighted by atomic mass is 10.2. The van der Waals surface area contributed by atoms with Gasteiger partial charge in [0.05, 0.1) is 7.11 Å². The van der Waals surface area contributed by atoms with E-state index in [-0.39, 0.29) is 0 Å². The van der Waals surface area contributed by atoms with E-state index in [1.54, 1.807) is 18.2 Å². The van der Waals surface area contributed by atoms with Crippen molar-refractivity contribution >= 4 is 15.9 Å². The van der Waals surface area contributed by atoms with Gasteiger partial charge in [-0.1, -0.05) is 22.0 Å². The molecular weight excluding hydrogens is 317 g/mol. The van der Waals surface area contributed by atoms with Gasteiger partial charge in [-0.25, -0.2) is 0 Å². The Kier molecular flexibility index (Phi) is 5.74. The first-order valence-electron chi connectivity index (χ1n) is 4.96. The van der Waals surface area contributed by atoms with E-state index in [4.69, 9.17) is 9.47 Å². The highest BCUT2D eigenvalue weighted by molar-refractivity contribution is 9.08. The molecule has 0 saturated carbocycles. The van der Waals surface area contributed by atoms with E-state index in [9.17, 15) is 13.2 Å². The monoisotopic (exact) mass is 328 g/mol. The molecule has 0 heterocycles. The number of ether oxygens (including phenoxy) is 3. The van der Waals surface area contributed by atoms with Crippen molar-refractivity contribution in [2.75, 3.05) is 20.5 Å². The zero-order chi connectivity index (χ0) is 13.6. The third kappa shape index (κ3) is 5.14. The van der Waals surface area contributed by atoms with Crippen LogP contribution in [0.1, 0.15) is 5.56 Å². The maximum absolute atomic E-state index is 11.8. The van der Waals surface area contributed by atoms with Gasteiger partial charge in [-0.15, -0.1) is 0 Å². The van der Waals surface area contributed by atoms with Crippen LogP contribution in [0.5, 0.6) is 11.5 Å². The molecule has 0 bridgehead atoms. The first kappa shape index (κ1) is 15.1. The highest BCUT2D eigenvalue weighted by Crippen LogP contribution is 2.26. The Hall–Kier alpha value is -0.950. The molecule has 18 heavy (non-hydrogen) atoms. The smallest absolute Gasteiger partial charge is 0.411 e. The van der Waals surface area contributed by atoms with Crippen molar-refractivity contribution in [3.8, 4) is 11.5 Å². The summed E-state index contributed by atoms with van der Waals surface area (Å²) in [5, 5.41) is 0.519. The SMILES string of the molecule is COc1ccc(CBr)c(OCOCC(F)(F)F)c1. The summed E-state index contributed by atoms with van der Waals surface area (Å²) < 4.78 is 50.0. The molecule has 0 N–H and O–H groups in total. The molecule has 0 aliphatic rings. The van der Waals surface area contributed by atoms with Crippen LogP contribution in [0.25, 0.3) is 0 Å². The maximum atomic E-state index is 11.8. The molecule has 1 aromatic rings. The molecule has 102 valence electrons. The van der Waals surface area contributed by atoms with Gasteiger partial charge in [0.1, 0.15) is 18.1 Å². The normalized spacial score (nSPS) is 11.4. The number of halogens is 4.